The summed E-state index contributed by atoms with van der Waals surface area (Å²) < 4.78 is 5.25. The van der Waals surface area contributed by atoms with Crippen molar-refractivity contribution in [2.24, 2.45) is 0 Å². The maximum atomic E-state index is 5.25. The first-order chi connectivity index (χ1) is 11.8. The van der Waals surface area contributed by atoms with Crippen molar-refractivity contribution in [2.45, 2.75) is 19.3 Å². The van der Waals surface area contributed by atoms with E-state index in [1.807, 2.05) is 0 Å². The summed E-state index contributed by atoms with van der Waals surface area (Å²) >= 11 is 0. The van der Waals surface area contributed by atoms with Crippen molar-refractivity contribution in [3.05, 3.63) is 60.2 Å². The summed E-state index contributed by atoms with van der Waals surface area (Å²) in [6.07, 6.45) is 3.66. The summed E-state index contributed by atoms with van der Waals surface area (Å²) in [5.74, 6) is 0.927. The molecule has 24 heavy (non-hydrogen) atoms. The fourth-order valence-corrected chi connectivity index (χ4v) is 3.40. The second-order valence-corrected chi connectivity index (χ2v) is 6.47. The number of ether oxygens (including phenoxy) is 1. The summed E-state index contributed by atoms with van der Waals surface area (Å²) in [6.45, 7) is 5.81. The predicted octanol–water partition coefficient (Wildman–Crippen LogP) is 3.84. The molecule has 0 N–H and O–H groups in total. The van der Waals surface area contributed by atoms with E-state index in [4.69, 9.17) is 4.74 Å². The second kappa shape index (κ2) is 8.74. The van der Waals surface area contributed by atoms with Crippen molar-refractivity contribution in [3.8, 4) is 5.75 Å². The third-order valence-electron chi connectivity index (χ3n) is 4.81. The molecule has 3 rings (SSSR count). The van der Waals surface area contributed by atoms with E-state index in [-0.39, 0.29) is 0 Å². The second-order valence-electron chi connectivity index (χ2n) is 6.47. The Kier molecular flexibility index (Phi) is 6.13. The normalized spacial score (nSPS) is 16.0. The van der Waals surface area contributed by atoms with E-state index >= 15 is 0 Å². The average molecular weight is 324 g/mol. The molecule has 3 heteroatoms. The van der Waals surface area contributed by atoms with E-state index in [0.717, 1.165) is 25.4 Å². The molecule has 0 amide bonds. The van der Waals surface area contributed by atoms with Gasteiger partial charge in [-0.1, -0.05) is 30.3 Å². The van der Waals surface area contributed by atoms with Crippen LogP contribution >= 0.6 is 0 Å². The molecule has 0 radical (unpaired) electrons. The summed E-state index contributed by atoms with van der Waals surface area (Å²) in [4.78, 5) is 5.11. The molecule has 0 aromatic heterocycles. The van der Waals surface area contributed by atoms with Gasteiger partial charge in [0.05, 0.1) is 7.11 Å². The van der Waals surface area contributed by atoms with E-state index in [0.29, 0.717) is 0 Å². The third kappa shape index (κ3) is 4.75. The van der Waals surface area contributed by atoms with Gasteiger partial charge in [-0.25, -0.2) is 0 Å². The van der Waals surface area contributed by atoms with Crippen LogP contribution in [0.25, 0.3) is 0 Å². The molecule has 0 aliphatic carbocycles. The van der Waals surface area contributed by atoms with Gasteiger partial charge in [0.25, 0.3) is 0 Å². The maximum Gasteiger partial charge on any atom is 0.119 e. The van der Waals surface area contributed by atoms with Crippen molar-refractivity contribution in [1.82, 2.24) is 4.90 Å². The molecule has 3 nitrogen and oxygen atoms in total. The third-order valence-corrected chi connectivity index (χ3v) is 4.81. The zero-order valence-electron chi connectivity index (χ0n) is 14.7. The molecule has 2 aromatic rings. The molecule has 1 fully saturated rings. The van der Waals surface area contributed by atoms with E-state index in [1.165, 1.54) is 43.6 Å². The minimum absolute atomic E-state index is 0.927. The lowest BCUT2D eigenvalue weighted by atomic mass is 10.1. The van der Waals surface area contributed by atoms with Gasteiger partial charge in [-0.2, -0.15) is 0 Å². The Balaban J connectivity index is 1.46. The van der Waals surface area contributed by atoms with E-state index < -0.39 is 0 Å². The van der Waals surface area contributed by atoms with Gasteiger partial charge < -0.3 is 14.5 Å². The van der Waals surface area contributed by atoms with Crippen molar-refractivity contribution >= 4 is 5.69 Å². The molecule has 0 spiro atoms. The Hall–Kier alpha value is -2.00. The number of aryl methyl sites for hydroxylation is 1. The number of hydrogen-bond acceptors (Lipinski definition) is 3. The Bertz CT molecular complexity index is 597. The first-order valence-electron chi connectivity index (χ1n) is 9.00. The van der Waals surface area contributed by atoms with Crippen LogP contribution in [0.1, 0.15) is 18.4 Å². The average Bonchev–Trinajstić information content (AvgIpc) is 2.88. The SMILES string of the molecule is COc1ccc(N2CCCN(CCCc3ccccc3)CC2)cc1. The first kappa shape index (κ1) is 16.8. The number of methoxy groups -OCH3 is 1. The van der Waals surface area contributed by atoms with Crippen LogP contribution in [0.2, 0.25) is 0 Å². The van der Waals surface area contributed by atoms with Gasteiger partial charge in [0.15, 0.2) is 0 Å². The largest absolute Gasteiger partial charge is 0.497 e. The standard InChI is InChI=1S/C21H28N2O/c1-24-21-12-10-20(11-13-21)23-16-6-15-22(17-18-23)14-5-9-19-7-3-2-4-8-19/h2-4,7-8,10-13H,5-6,9,14-18H2,1H3. The minimum atomic E-state index is 0.927. The highest BCUT2D eigenvalue weighted by atomic mass is 16.5. The van der Waals surface area contributed by atoms with Gasteiger partial charge in [0.1, 0.15) is 5.75 Å². The smallest absolute Gasteiger partial charge is 0.119 e. The van der Waals surface area contributed by atoms with Gasteiger partial charge in [0, 0.05) is 25.3 Å². The molecular formula is C21H28N2O. The van der Waals surface area contributed by atoms with Crippen molar-refractivity contribution in [2.75, 3.05) is 44.7 Å². The Morgan fingerprint density at radius 1 is 0.875 bits per heavy atom. The molecule has 128 valence electrons. The first-order valence-corrected chi connectivity index (χ1v) is 9.00. The van der Waals surface area contributed by atoms with Crippen LogP contribution in [0.15, 0.2) is 54.6 Å². The lowest BCUT2D eigenvalue weighted by Crippen LogP contribution is -2.31. The molecule has 1 saturated heterocycles. The topological polar surface area (TPSA) is 15.7 Å². The predicted molar refractivity (Wildman–Crippen MR) is 101 cm³/mol. The Morgan fingerprint density at radius 3 is 2.42 bits per heavy atom. The van der Waals surface area contributed by atoms with E-state index in [9.17, 15) is 0 Å². The van der Waals surface area contributed by atoms with Crippen LogP contribution in [0.4, 0.5) is 5.69 Å². The van der Waals surface area contributed by atoms with Crippen LogP contribution in [0.3, 0.4) is 0 Å². The van der Waals surface area contributed by atoms with E-state index in [1.54, 1.807) is 7.11 Å². The van der Waals surface area contributed by atoms with Crippen LogP contribution in [-0.2, 0) is 6.42 Å². The summed E-state index contributed by atoms with van der Waals surface area (Å²) in [5.41, 5.74) is 2.76. The highest BCUT2D eigenvalue weighted by molar-refractivity contribution is 5.49. The van der Waals surface area contributed by atoms with Crippen LogP contribution in [-0.4, -0.2) is 44.7 Å². The molecule has 0 atom stereocenters. The van der Waals surface area contributed by atoms with Gasteiger partial charge in [0.2, 0.25) is 0 Å². The highest BCUT2D eigenvalue weighted by Gasteiger charge is 2.15. The number of rotatable bonds is 6. The van der Waals surface area contributed by atoms with Crippen LogP contribution in [0, 0.1) is 0 Å². The summed E-state index contributed by atoms with van der Waals surface area (Å²) in [6, 6.07) is 19.3. The highest BCUT2D eigenvalue weighted by Crippen LogP contribution is 2.20. The Morgan fingerprint density at radius 2 is 1.67 bits per heavy atom. The van der Waals surface area contributed by atoms with Gasteiger partial charge in [-0.15, -0.1) is 0 Å². The molecule has 0 bridgehead atoms. The number of nitrogens with zero attached hydrogens (tertiary/aromatic N) is 2. The lowest BCUT2D eigenvalue weighted by molar-refractivity contribution is 0.290. The van der Waals surface area contributed by atoms with Crippen molar-refractivity contribution < 1.29 is 4.74 Å². The molecule has 2 aromatic carbocycles. The van der Waals surface area contributed by atoms with Gasteiger partial charge in [-0.3, -0.25) is 0 Å². The number of benzene rings is 2. The number of hydrogen-bond donors (Lipinski definition) is 0. The fraction of sp³-hybridized carbons (Fsp3) is 0.429. The molecule has 1 heterocycles. The summed E-state index contributed by atoms with van der Waals surface area (Å²) in [5, 5.41) is 0. The zero-order valence-corrected chi connectivity index (χ0v) is 14.7. The minimum Gasteiger partial charge on any atom is -0.497 e. The molecule has 0 unspecified atom stereocenters. The van der Waals surface area contributed by atoms with Crippen molar-refractivity contribution in [1.29, 1.82) is 0 Å². The van der Waals surface area contributed by atoms with Crippen LogP contribution < -0.4 is 9.64 Å². The lowest BCUT2D eigenvalue weighted by Gasteiger charge is -2.24. The molecule has 1 aliphatic heterocycles. The number of anilines is 1. The molecule has 0 saturated carbocycles. The Labute approximate surface area is 145 Å². The van der Waals surface area contributed by atoms with E-state index in [2.05, 4.69) is 64.4 Å². The molecule has 1 aliphatic rings. The van der Waals surface area contributed by atoms with Crippen molar-refractivity contribution in [3.63, 3.8) is 0 Å². The maximum absolute atomic E-state index is 5.25. The quantitative estimate of drug-likeness (QED) is 0.803. The monoisotopic (exact) mass is 324 g/mol. The fourth-order valence-electron chi connectivity index (χ4n) is 3.40. The van der Waals surface area contributed by atoms with Gasteiger partial charge in [-0.05, 0) is 62.2 Å². The van der Waals surface area contributed by atoms with Gasteiger partial charge >= 0.3 is 0 Å². The summed E-state index contributed by atoms with van der Waals surface area (Å²) in [7, 11) is 1.72. The zero-order chi connectivity index (χ0) is 16.6. The molecular weight excluding hydrogens is 296 g/mol. The van der Waals surface area contributed by atoms with Crippen LogP contribution in [0.5, 0.6) is 5.75 Å².